The van der Waals surface area contributed by atoms with Gasteiger partial charge < -0.3 is 11.1 Å². The Hall–Kier alpha value is -1.44. The predicted octanol–water partition coefficient (Wildman–Crippen LogP) is 1.96. The van der Waals surface area contributed by atoms with Crippen LogP contribution >= 0.6 is 11.8 Å². The molecule has 100 valence electrons. The van der Waals surface area contributed by atoms with E-state index in [1.54, 1.807) is 6.92 Å². The molecule has 0 aliphatic carbocycles. The second-order valence-electron chi connectivity index (χ2n) is 3.47. The van der Waals surface area contributed by atoms with Gasteiger partial charge in [-0.15, -0.1) is 0 Å². The Labute approximate surface area is 106 Å². The number of aromatic nitrogens is 1. The van der Waals surface area contributed by atoms with Gasteiger partial charge in [-0.2, -0.15) is 13.2 Å². The summed E-state index contributed by atoms with van der Waals surface area (Å²) in [7, 11) is 0. The second-order valence-corrected chi connectivity index (χ2v) is 4.63. The van der Waals surface area contributed by atoms with Gasteiger partial charge in [0, 0.05) is 23.6 Å². The normalized spacial score (nSPS) is 11.3. The summed E-state index contributed by atoms with van der Waals surface area (Å²) in [4.78, 5) is 15.5. The molecule has 0 spiro atoms. The van der Waals surface area contributed by atoms with Gasteiger partial charge in [0.2, 0.25) is 0 Å². The van der Waals surface area contributed by atoms with E-state index in [1.165, 1.54) is 12.1 Å². The number of nitrogen functional groups attached to an aromatic ring is 1. The number of nitrogens with one attached hydrogen (secondary N) is 1. The number of carbonyl (C=O) groups is 1. The lowest BCUT2D eigenvalue weighted by atomic mass is 10.2. The smallest absolute Gasteiger partial charge is 0.384 e. The molecule has 4 nitrogen and oxygen atoms in total. The van der Waals surface area contributed by atoms with Crippen LogP contribution in [0.2, 0.25) is 0 Å². The molecule has 1 heterocycles. The number of anilines is 1. The SMILES string of the molecule is Cc1cc(C(=O)NCCSC(F)(F)F)cc(N)n1. The average Bonchev–Trinajstić information content (AvgIpc) is 2.21. The molecular formula is C10H12F3N3OS. The van der Waals surface area contributed by atoms with E-state index >= 15 is 0 Å². The Morgan fingerprint density at radius 2 is 2.17 bits per heavy atom. The van der Waals surface area contributed by atoms with E-state index in [2.05, 4.69) is 10.3 Å². The highest BCUT2D eigenvalue weighted by atomic mass is 32.2. The third-order valence-corrected chi connectivity index (χ3v) is 2.62. The van der Waals surface area contributed by atoms with E-state index in [1.807, 2.05) is 0 Å². The van der Waals surface area contributed by atoms with Crippen molar-refractivity contribution in [3.8, 4) is 0 Å². The summed E-state index contributed by atoms with van der Waals surface area (Å²) in [6.07, 6.45) is 0. The van der Waals surface area contributed by atoms with Gasteiger partial charge >= 0.3 is 5.51 Å². The molecule has 0 radical (unpaired) electrons. The first-order valence-electron chi connectivity index (χ1n) is 5.01. The molecule has 0 bridgehead atoms. The highest BCUT2D eigenvalue weighted by molar-refractivity contribution is 8.00. The van der Waals surface area contributed by atoms with Crippen molar-refractivity contribution in [1.82, 2.24) is 10.3 Å². The summed E-state index contributed by atoms with van der Waals surface area (Å²) in [6.45, 7) is 1.61. The number of hydrogen-bond acceptors (Lipinski definition) is 4. The molecule has 1 rings (SSSR count). The van der Waals surface area contributed by atoms with Crippen molar-refractivity contribution < 1.29 is 18.0 Å². The fourth-order valence-corrected chi connectivity index (χ4v) is 1.69. The van der Waals surface area contributed by atoms with Gasteiger partial charge in [0.25, 0.3) is 5.91 Å². The van der Waals surface area contributed by atoms with Crippen LogP contribution < -0.4 is 11.1 Å². The van der Waals surface area contributed by atoms with Gasteiger partial charge in [-0.05, 0) is 30.8 Å². The molecule has 0 aliphatic heterocycles. The van der Waals surface area contributed by atoms with Crippen LogP contribution in [0.15, 0.2) is 12.1 Å². The first-order chi connectivity index (χ1) is 8.28. The first kappa shape index (κ1) is 14.6. The lowest BCUT2D eigenvalue weighted by molar-refractivity contribution is -0.0327. The van der Waals surface area contributed by atoms with Crippen LogP contribution in [0.5, 0.6) is 0 Å². The van der Waals surface area contributed by atoms with Crippen molar-refractivity contribution in [2.75, 3.05) is 18.0 Å². The topological polar surface area (TPSA) is 68.0 Å². The van der Waals surface area contributed by atoms with Crippen LogP contribution in [-0.2, 0) is 0 Å². The standard InChI is InChI=1S/C10H12F3N3OS/c1-6-4-7(5-8(14)16-6)9(17)15-2-3-18-10(11,12)13/h4-5H,2-3H2,1H3,(H2,14,16)(H,15,17). The lowest BCUT2D eigenvalue weighted by Gasteiger charge is -2.08. The van der Waals surface area contributed by atoms with Crippen LogP contribution in [0.3, 0.4) is 0 Å². The van der Waals surface area contributed by atoms with Crippen LogP contribution in [0, 0.1) is 6.92 Å². The number of alkyl halides is 3. The zero-order chi connectivity index (χ0) is 13.8. The fraction of sp³-hybridized carbons (Fsp3) is 0.400. The van der Waals surface area contributed by atoms with Gasteiger partial charge in [-0.3, -0.25) is 4.79 Å². The summed E-state index contributed by atoms with van der Waals surface area (Å²) in [5, 5.41) is 2.38. The minimum Gasteiger partial charge on any atom is -0.384 e. The minimum absolute atomic E-state index is 0.0652. The summed E-state index contributed by atoms with van der Waals surface area (Å²) < 4.78 is 35.5. The maximum atomic E-state index is 11.8. The summed E-state index contributed by atoms with van der Waals surface area (Å²) in [5.74, 6) is -0.491. The van der Waals surface area contributed by atoms with Crippen molar-refractivity contribution in [2.45, 2.75) is 12.4 Å². The second kappa shape index (κ2) is 5.94. The van der Waals surface area contributed by atoms with Gasteiger partial charge in [0.05, 0.1) is 0 Å². The Bertz CT molecular complexity index is 417. The maximum absolute atomic E-state index is 11.8. The van der Waals surface area contributed by atoms with E-state index in [-0.39, 0.29) is 35.4 Å². The Morgan fingerprint density at radius 1 is 1.50 bits per heavy atom. The van der Waals surface area contributed by atoms with Crippen LogP contribution in [0.1, 0.15) is 16.1 Å². The van der Waals surface area contributed by atoms with Gasteiger partial charge in [0.1, 0.15) is 5.82 Å². The number of pyridine rings is 1. The zero-order valence-electron chi connectivity index (χ0n) is 9.54. The highest BCUT2D eigenvalue weighted by Gasteiger charge is 2.27. The molecule has 0 aromatic carbocycles. The number of amides is 1. The lowest BCUT2D eigenvalue weighted by Crippen LogP contribution is -2.26. The monoisotopic (exact) mass is 279 g/mol. The third kappa shape index (κ3) is 5.26. The number of carbonyl (C=O) groups excluding carboxylic acids is 1. The van der Waals surface area contributed by atoms with Crippen molar-refractivity contribution in [2.24, 2.45) is 0 Å². The molecule has 0 saturated carbocycles. The highest BCUT2D eigenvalue weighted by Crippen LogP contribution is 2.29. The quantitative estimate of drug-likeness (QED) is 0.827. The zero-order valence-corrected chi connectivity index (χ0v) is 10.4. The molecule has 1 aromatic rings. The van der Waals surface area contributed by atoms with Crippen LogP contribution in [0.4, 0.5) is 19.0 Å². The largest absolute Gasteiger partial charge is 0.441 e. The van der Waals surface area contributed by atoms with E-state index in [0.717, 1.165) is 0 Å². The number of rotatable bonds is 4. The average molecular weight is 279 g/mol. The van der Waals surface area contributed by atoms with E-state index in [0.29, 0.717) is 5.69 Å². The number of halogens is 3. The summed E-state index contributed by atoms with van der Waals surface area (Å²) in [6, 6.07) is 2.89. The van der Waals surface area contributed by atoms with Crippen LogP contribution in [-0.4, -0.2) is 28.7 Å². The molecule has 0 saturated heterocycles. The van der Waals surface area contributed by atoms with Crippen molar-refractivity contribution in [3.63, 3.8) is 0 Å². The maximum Gasteiger partial charge on any atom is 0.441 e. The van der Waals surface area contributed by atoms with E-state index < -0.39 is 11.4 Å². The number of thioether (sulfide) groups is 1. The van der Waals surface area contributed by atoms with Gasteiger partial charge in [0.15, 0.2) is 0 Å². The van der Waals surface area contributed by atoms with E-state index in [4.69, 9.17) is 5.73 Å². The minimum atomic E-state index is -4.28. The summed E-state index contributed by atoms with van der Waals surface area (Å²) in [5.41, 5.74) is 2.05. The molecule has 1 amide bonds. The Balaban J connectivity index is 2.46. The number of nitrogens with zero attached hydrogens (tertiary/aromatic N) is 1. The van der Waals surface area contributed by atoms with Crippen molar-refractivity contribution >= 4 is 23.5 Å². The molecule has 0 aliphatic rings. The molecule has 0 fully saturated rings. The fourth-order valence-electron chi connectivity index (χ4n) is 1.26. The molecule has 18 heavy (non-hydrogen) atoms. The number of hydrogen-bond donors (Lipinski definition) is 2. The van der Waals surface area contributed by atoms with E-state index in [9.17, 15) is 18.0 Å². The first-order valence-corrected chi connectivity index (χ1v) is 5.99. The molecule has 0 atom stereocenters. The number of nitrogens with two attached hydrogens (primary N) is 1. The molecule has 0 unspecified atom stereocenters. The molecule has 3 N–H and O–H groups in total. The number of aryl methyl sites for hydroxylation is 1. The third-order valence-electron chi connectivity index (χ3n) is 1.89. The molecule has 1 aromatic heterocycles. The van der Waals surface area contributed by atoms with Crippen LogP contribution in [0.25, 0.3) is 0 Å². The molecule has 8 heteroatoms. The molecular weight excluding hydrogens is 267 g/mol. The summed E-state index contributed by atoms with van der Waals surface area (Å²) >= 11 is -0.175. The van der Waals surface area contributed by atoms with Crippen molar-refractivity contribution in [3.05, 3.63) is 23.4 Å². The van der Waals surface area contributed by atoms with Gasteiger partial charge in [-0.25, -0.2) is 4.98 Å². The Morgan fingerprint density at radius 3 is 2.72 bits per heavy atom. The van der Waals surface area contributed by atoms with Gasteiger partial charge in [-0.1, -0.05) is 0 Å². The Kier molecular flexibility index (Phi) is 4.83. The predicted molar refractivity (Wildman–Crippen MR) is 64.2 cm³/mol. The van der Waals surface area contributed by atoms with Crippen molar-refractivity contribution in [1.29, 1.82) is 0 Å².